The summed E-state index contributed by atoms with van der Waals surface area (Å²) in [6.45, 7) is 4.41. The van der Waals surface area contributed by atoms with Crippen molar-refractivity contribution in [1.82, 2.24) is 0 Å². The number of allylic oxidation sites excluding steroid dienone is 21. The Bertz CT molecular complexity index is 2380. The molecule has 98 heavy (non-hydrogen) atoms. The Balaban J connectivity index is 5.41. The molecule has 0 amide bonds. The van der Waals surface area contributed by atoms with Crippen LogP contribution >= 0.6 is 15.6 Å². The molecule has 560 valence electrons. The van der Waals surface area contributed by atoms with E-state index in [9.17, 15) is 43.2 Å². The van der Waals surface area contributed by atoms with Crippen LogP contribution in [0.25, 0.3) is 0 Å². The molecule has 0 aromatic heterocycles. The van der Waals surface area contributed by atoms with E-state index in [2.05, 4.69) is 137 Å². The van der Waals surface area contributed by atoms with Gasteiger partial charge in [0.1, 0.15) is 19.3 Å². The van der Waals surface area contributed by atoms with Crippen molar-refractivity contribution in [3.63, 3.8) is 0 Å². The molecule has 0 saturated heterocycles. The van der Waals surface area contributed by atoms with Crippen LogP contribution in [0.2, 0.25) is 0 Å². The highest BCUT2D eigenvalue weighted by molar-refractivity contribution is 7.47. The minimum atomic E-state index is -5.00. The third kappa shape index (κ3) is 69.7. The number of hydrogen-bond acceptors (Lipinski definition) is 15. The zero-order valence-corrected chi connectivity index (χ0v) is 62.7. The number of unbranched alkanes of at least 4 members (excludes halogenated alkanes) is 22. The average molecular weight is 1420 g/mol. The lowest BCUT2D eigenvalue weighted by Crippen LogP contribution is -2.30. The van der Waals surface area contributed by atoms with E-state index in [4.69, 9.17) is 37.0 Å². The number of esters is 4. The van der Waals surface area contributed by atoms with Crippen LogP contribution in [-0.2, 0) is 65.4 Å². The third-order valence-corrected chi connectivity index (χ3v) is 17.0. The summed E-state index contributed by atoms with van der Waals surface area (Å²) in [7, 11) is -9.98. The topological polar surface area (TPSA) is 237 Å². The molecular formula is C79H132O17P2. The van der Waals surface area contributed by atoms with Crippen molar-refractivity contribution in [2.24, 2.45) is 0 Å². The second-order valence-electron chi connectivity index (χ2n) is 24.5. The standard InChI is InChI=1S/C79H132O17P2/c1-5-9-13-17-21-25-29-32-34-35-36-37-39-41-45-48-52-56-60-64-77(82)90-70-75(96-79(84)66-62-58-54-50-46-42-38-33-30-26-22-18-14-10-6-2)72-94-98(87,88)92-68-73(80)67-91-97(85,86)93-71-74(95-78(83)65-61-57-53-49-43-28-24-20-16-12-8-4)69-89-76(81)63-59-55-51-47-44-40-31-27-23-19-15-11-7-3/h9-10,13-15,19,21-22,25-27,31-34,36-38,46,50,58,62,73-75,80H,5-8,11-12,16-18,20,23-24,28-30,35,39-45,47-49,51-57,59-61,63-72H2,1-4H3,(H,85,86)(H,87,88)/b13-9-,14-10-,19-15-,25-21-,26-22-,31-27-,34-32-,37-36-,38-33-,50-46-,62-58-. The van der Waals surface area contributed by atoms with Crippen LogP contribution in [0.1, 0.15) is 285 Å². The Morgan fingerprint density at radius 1 is 0.306 bits per heavy atom. The first-order valence-electron chi connectivity index (χ1n) is 37.4. The molecule has 0 aliphatic rings. The monoisotopic (exact) mass is 1410 g/mol. The van der Waals surface area contributed by atoms with Crippen LogP contribution in [-0.4, -0.2) is 96.7 Å². The van der Waals surface area contributed by atoms with Gasteiger partial charge in [-0.25, -0.2) is 9.13 Å². The highest BCUT2D eigenvalue weighted by atomic mass is 31.2. The van der Waals surface area contributed by atoms with Crippen LogP contribution in [0, 0.1) is 0 Å². The van der Waals surface area contributed by atoms with E-state index in [0.717, 1.165) is 167 Å². The molecule has 3 N–H and O–H groups in total. The third-order valence-electron chi connectivity index (χ3n) is 15.1. The molecule has 0 aromatic carbocycles. The largest absolute Gasteiger partial charge is 0.472 e. The lowest BCUT2D eigenvalue weighted by atomic mass is 10.1. The van der Waals surface area contributed by atoms with Crippen LogP contribution in [0.3, 0.4) is 0 Å². The summed E-state index contributed by atoms with van der Waals surface area (Å²) in [5.74, 6) is -2.36. The van der Waals surface area contributed by atoms with Crippen molar-refractivity contribution in [2.75, 3.05) is 39.6 Å². The lowest BCUT2D eigenvalue weighted by Gasteiger charge is -2.21. The summed E-state index contributed by atoms with van der Waals surface area (Å²) in [5, 5.41) is 10.6. The van der Waals surface area contributed by atoms with Gasteiger partial charge in [0.2, 0.25) is 0 Å². The Morgan fingerprint density at radius 3 is 0.949 bits per heavy atom. The first-order chi connectivity index (χ1) is 47.7. The first kappa shape index (κ1) is 93.2. The first-order valence-corrected chi connectivity index (χ1v) is 40.4. The molecule has 17 nitrogen and oxygen atoms in total. The number of carbonyl (C=O) groups is 4. The van der Waals surface area contributed by atoms with Crippen molar-refractivity contribution < 1.29 is 80.2 Å². The summed E-state index contributed by atoms with van der Waals surface area (Å²) >= 11 is 0. The minimum Gasteiger partial charge on any atom is -0.462 e. The maximum Gasteiger partial charge on any atom is 0.472 e. The number of aliphatic hydroxyl groups excluding tert-OH is 1. The van der Waals surface area contributed by atoms with E-state index in [0.29, 0.717) is 25.7 Å². The number of phosphoric acid groups is 2. The predicted molar refractivity (Wildman–Crippen MR) is 399 cm³/mol. The molecule has 0 heterocycles. The van der Waals surface area contributed by atoms with Gasteiger partial charge < -0.3 is 33.8 Å². The van der Waals surface area contributed by atoms with Crippen molar-refractivity contribution in [3.05, 3.63) is 134 Å². The van der Waals surface area contributed by atoms with E-state index in [1.54, 1.807) is 12.2 Å². The number of carbonyl (C=O) groups excluding carboxylic acids is 4. The van der Waals surface area contributed by atoms with Gasteiger partial charge in [-0.15, -0.1) is 0 Å². The van der Waals surface area contributed by atoms with Gasteiger partial charge in [-0.05, 0) is 116 Å². The molecule has 0 saturated carbocycles. The van der Waals surface area contributed by atoms with Gasteiger partial charge in [0, 0.05) is 19.3 Å². The molecule has 0 fully saturated rings. The number of hydrogen-bond donors (Lipinski definition) is 3. The van der Waals surface area contributed by atoms with Crippen LogP contribution in [0.4, 0.5) is 0 Å². The van der Waals surface area contributed by atoms with Crippen LogP contribution in [0.15, 0.2) is 134 Å². The lowest BCUT2D eigenvalue weighted by molar-refractivity contribution is -0.161. The average Bonchev–Trinajstić information content (AvgIpc) is 1.06. The Kier molecular flexibility index (Phi) is 67.2. The summed E-state index contributed by atoms with van der Waals surface area (Å²) in [4.78, 5) is 72.7. The van der Waals surface area contributed by atoms with Gasteiger partial charge in [0.15, 0.2) is 12.2 Å². The molecule has 0 bridgehead atoms. The van der Waals surface area contributed by atoms with E-state index < -0.39 is 97.5 Å². The zero-order valence-electron chi connectivity index (χ0n) is 60.9. The van der Waals surface area contributed by atoms with E-state index in [1.165, 1.54) is 38.5 Å². The summed E-state index contributed by atoms with van der Waals surface area (Å²) < 4.78 is 68.2. The Hall–Kier alpha value is -4.80. The zero-order chi connectivity index (χ0) is 71.8. The molecule has 5 unspecified atom stereocenters. The van der Waals surface area contributed by atoms with Crippen molar-refractivity contribution >= 4 is 39.5 Å². The molecule has 0 aliphatic heterocycles. The van der Waals surface area contributed by atoms with Crippen LogP contribution < -0.4 is 0 Å². The minimum absolute atomic E-state index is 0.0894. The molecule has 0 spiro atoms. The van der Waals surface area contributed by atoms with E-state index >= 15 is 0 Å². The quantitative estimate of drug-likeness (QED) is 0.0169. The van der Waals surface area contributed by atoms with Crippen molar-refractivity contribution in [1.29, 1.82) is 0 Å². The maximum absolute atomic E-state index is 13.1. The number of rotatable bonds is 69. The molecule has 0 aliphatic carbocycles. The summed E-state index contributed by atoms with van der Waals surface area (Å²) in [6, 6.07) is 0. The second kappa shape index (κ2) is 70.6. The van der Waals surface area contributed by atoms with E-state index in [-0.39, 0.29) is 25.7 Å². The van der Waals surface area contributed by atoms with Gasteiger partial charge in [-0.3, -0.25) is 37.3 Å². The molecule has 0 aromatic rings. The van der Waals surface area contributed by atoms with Gasteiger partial charge in [-0.1, -0.05) is 277 Å². The highest BCUT2D eigenvalue weighted by Gasteiger charge is 2.30. The molecule has 0 rings (SSSR count). The smallest absolute Gasteiger partial charge is 0.462 e. The van der Waals surface area contributed by atoms with Crippen LogP contribution in [0.5, 0.6) is 0 Å². The second-order valence-corrected chi connectivity index (χ2v) is 27.4. The number of phosphoric ester groups is 2. The number of aliphatic hydroxyl groups is 1. The fourth-order valence-electron chi connectivity index (χ4n) is 9.50. The van der Waals surface area contributed by atoms with Gasteiger partial charge in [-0.2, -0.15) is 0 Å². The fourth-order valence-corrected chi connectivity index (χ4v) is 11.1. The van der Waals surface area contributed by atoms with Crippen molar-refractivity contribution in [3.8, 4) is 0 Å². The summed E-state index contributed by atoms with van der Waals surface area (Å²) in [6.07, 6.45) is 77.7. The number of ether oxygens (including phenoxy) is 4. The normalized spacial score (nSPS) is 14.7. The van der Waals surface area contributed by atoms with Crippen molar-refractivity contribution in [2.45, 2.75) is 303 Å². The fraction of sp³-hybridized carbons (Fsp3) is 0.671. The predicted octanol–water partition coefficient (Wildman–Crippen LogP) is 21.3. The van der Waals surface area contributed by atoms with Gasteiger partial charge in [0.05, 0.1) is 32.8 Å². The molecule has 19 heteroatoms. The van der Waals surface area contributed by atoms with E-state index in [1.807, 2.05) is 12.2 Å². The molecular weight excluding hydrogens is 1280 g/mol. The maximum atomic E-state index is 13.1. The summed E-state index contributed by atoms with van der Waals surface area (Å²) in [5.41, 5.74) is 0. The van der Waals surface area contributed by atoms with Gasteiger partial charge in [0.25, 0.3) is 0 Å². The highest BCUT2D eigenvalue weighted by Crippen LogP contribution is 2.45. The molecule has 0 radical (unpaired) electrons. The Labute approximate surface area is 593 Å². The van der Waals surface area contributed by atoms with Gasteiger partial charge >= 0.3 is 39.5 Å². The Morgan fingerprint density at radius 2 is 0.592 bits per heavy atom. The molecule has 5 atom stereocenters. The SMILES string of the molecule is CC/C=C\C/C=C\C/C=C\C/C=C\C/C=C\CC(=O)OC(COC(=O)CCCCCCCC/C=C\C/C=C\C/C=C\C/C=C\CC)COP(=O)(O)OCC(O)COP(=O)(O)OCC(COC(=O)CCCCCCC/C=C\C/C=C\CCC)OC(=O)CCCCCCCCCCCCC.